The van der Waals surface area contributed by atoms with Crippen molar-refractivity contribution in [2.75, 3.05) is 0 Å². The van der Waals surface area contributed by atoms with Crippen molar-refractivity contribution < 1.29 is 9.57 Å². The number of hydrogen-bond acceptors (Lipinski definition) is 3. The molecule has 0 amide bonds. The monoisotopic (exact) mass is 171 g/mol. The Morgan fingerprint density at radius 2 is 2.33 bits per heavy atom. The fourth-order valence-corrected chi connectivity index (χ4v) is 0.982. The zero-order chi connectivity index (χ0) is 9.19. The number of rotatable bonds is 2. The van der Waals surface area contributed by atoms with Gasteiger partial charge in [-0.05, 0) is 27.2 Å². The molecule has 0 aromatic heterocycles. The smallest absolute Gasteiger partial charge is 0.230 e. The molecule has 1 atom stereocenters. The first-order valence-corrected chi connectivity index (χ1v) is 4.45. The van der Waals surface area contributed by atoms with E-state index >= 15 is 0 Å². The van der Waals surface area contributed by atoms with Gasteiger partial charge in [0.1, 0.15) is 5.60 Å². The number of nitrogens with zero attached hydrogens (tertiary/aromatic N) is 1. The Morgan fingerprint density at radius 3 is 2.75 bits per heavy atom. The van der Waals surface area contributed by atoms with E-state index < -0.39 is 0 Å². The van der Waals surface area contributed by atoms with E-state index in [-0.39, 0.29) is 11.7 Å². The SMILES string of the molecule is CCC(C)OC1=NOC(C)(C)C1. The maximum atomic E-state index is 5.52. The number of ether oxygens (including phenoxy) is 1. The molecule has 1 unspecified atom stereocenters. The van der Waals surface area contributed by atoms with E-state index in [2.05, 4.69) is 12.1 Å². The van der Waals surface area contributed by atoms with Crippen LogP contribution in [0.5, 0.6) is 0 Å². The van der Waals surface area contributed by atoms with Gasteiger partial charge in [-0.3, -0.25) is 0 Å². The van der Waals surface area contributed by atoms with Gasteiger partial charge in [-0.1, -0.05) is 12.1 Å². The molecule has 12 heavy (non-hydrogen) atoms. The maximum Gasteiger partial charge on any atom is 0.230 e. The summed E-state index contributed by atoms with van der Waals surface area (Å²) in [5.41, 5.74) is -0.178. The van der Waals surface area contributed by atoms with E-state index in [0.717, 1.165) is 18.7 Å². The molecule has 0 aliphatic carbocycles. The Kier molecular flexibility index (Phi) is 2.60. The molecule has 0 spiro atoms. The molecule has 1 aliphatic rings. The predicted molar refractivity (Wildman–Crippen MR) is 48.1 cm³/mol. The van der Waals surface area contributed by atoms with Crippen molar-refractivity contribution in [2.24, 2.45) is 5.16 Å². The van der Waals surface area contributed by atoms with Gasteiger partial charge in [0.05, 0.1) is 12.5 Å². The van der Waals surface area contributed by atoms with Crippen LogP contribution in [0.1, 0.15) is 40.5 Å². The topological polar surface area (TPSA) is 30.8 Å². The lowest BCUT2D eigenvalue weighted by molar-refractivity contribution is 0.0122. The fraction of sp³-hybridized carbons (Fsp3) is 0.889. The normalized spacial score (nSPS) is 22.8. The molecule has 1 heterocycles. The molecule has 0 fully saturated rings. The van der Waals surface area contributed by atoms with E-state index in [1.165, 1.54) is 0 Å². The summed E-state index contributed by atoms with van der Waals surface area (Å²) in [6.45, 7) is 8.13. The highest BCUT2D eigenvalue weighted by Gasteiger charge is 2.30. The summed E-state index contributed by atoms with van der Waals surface area (Å²) < 4.78 is 5.52. The molecule has 0 aromatic carbocycles. The Morgan fingerprint density at radius 1 is 1.67 bits per heavy atom. The molecular weight excluding hydrogens is 154 g/mol. The molecule has 0 bridgehead atoms. The quantitative estimate of drug-likeness (QED) is 0.638. The van der Waals surface area contributed by atoms with Crippen LogP contribution in [0, 0.1) is 0 Å². The van der Waals surface area contributed by atoms with Gasteiger partial charge >= 0.3 is 0 Å². The molecule has 0 radical (unpaired) electrons. The van der Waals surface area contributed by atoms with Crippen molar-refractivity contribution in [2.45, 2.75) is 52.2 Å². The van der Waals surface area contributed by atoms with Gasteiger partial charge in [0.2, 0.25) is 5.90 Å². The average Bonchev–Trinajstić information content (AvgIpc) is 2.30. The van der Waals surface area contributed by atoms with E-state index in [4.69, 9.17) is 9.57 Å². The van der Waals surface area contributed by atoms with Crippen molar-refractivity contribution in [3.05, 3.63) is 0 Å². The first kappa shape index (κ1) is 9.36. The summed E-state index contributed by atoms with van der Waals surface area (Å²) in [5, 5.41) is 3.87. The van der Waals surface area contributed by atoms with Crippen molar-refractivity contribution in [1.82, 2.24) is 0 Å². The van der Waals surface area contributed by atoms with E-state index in [0.29, 0.717) is 0 Å². The first-order chi connectivity index (χ1) is 5.53. The summed E-state index contributed by atoms with van der Waals surface area (Å²) in [6, 6.07) is 0. The van der Waals surface area contributed by atoms with E-state index in [1.807, 2.05) is 20.8 Å². The Labute approximate surface area is 73.7 Å². The van der Waals surface area contributed by atoms with Gasteiger partial charge in [-0.15, -0.1) is 0 Å². The van der Waals surface area contributed by atoms with Crippen LogP contribution in [0.2, 0.25) is 0 Å². The molecule has 1 aliphatic heterocycles. The number of hydrogen-bond donors (Lipinski definition) is 0. The molecule has 3 nitrogen and oxygen atoms in total. The van der Waals surface area contributed by atoms with Crippen molar-refractivity contribution >= 4 is 5.90 Å². The van der Waals surface area contributed by atoms with Crippen LogP contribution in [-0.2, 0) is 9.57 Å². The minimum atomic E-state index is -0.178. The van der Waals surface area contributed by atoms with Crippen LogP contribution in [0.15, 0.2) is 5.16 Å². The lowest BCUT2D eigenvalue weighted by Crippen LogP contribution is -2.21. The van der Waals surface area contributed by atoms with Gasteiger partial charge in [-0.25, -0.2) is 0 Å². The molecule has 1 rings (SSSR count). The largest absolute Gasteiger partial charge is 0.476 e. The highest BCUT2D eigenvalue weighted by atomic mass is 16.7. The van der Waals surface area contributed by atoms with Crippen LogP contribution in [0.4, 0.5) is 0 Å². The van der Waals surface area contributed by atoms with Gasteiger partial charge < -0.3 is 9.57 Å². The summed E-state index contributed by atoms with van der Waals surface area (Å²) >= 11 is 0. The van der Waals surface area contributed by atoms with E-state index in [9.17, 15) is 0 Å². The zero-order valence-electron chi connectivity index (χ0n) is 8.26. The Hall–Kier alpha value is -0.730. The molecule has 0 saturated heterocycles. The van der Waals surface area contributed by atoms with E-state index in [1.54, 1.807) is 0 Å². The lowest BCUT2D eigenvalue weighted by atomic mass is 10.1. The summed E-state index contributed by atoms with van der Waals surface area (Å²) in [5.74, 6) is 0.731. The second kappa shape index (κ2) is 3.33. The third-order valence-corrected chi connectivity index (χ3v) is 1.88. The summed E-state index contributed by atoms with van der Waals surface area (Å²) in [7, 11) is 0. The lowest BCUT2D eigenvalue weighted by Gasteiger charge is -2.14. The minimum Gasteiger partial charge on any atom is -0.476 e. The van der Waals surface area contributed by atoms with Crippen LogP contribution in [0.25, 0.3) is 0 Å². The third kappa shape index (κ3) is 2.40. The van der Waals surface area contributed by atoms with Crippen molar-refractivity contribution in [3.63, 3.8) is 0 Å². The third-order valence-electron chi connectivity index (χ3n) is 1.88. The van der Waals surface area contributed by atoms with Crippen molar-refractivity contribution in [1.29, 1.82) is 0 Å². The molecule has 3 heteroatoms. The minimum absolute atomic E-state index is 0.178. The van der Waals surface area contributed by atoms with Crippen LogP contribution in [0.3, 0.4) is 0 Å². The second-order valence-electron chi connectivity index (χ2n) is 3.85. The zero-order valence-corrected chi connectivity index (χ0v) is 8.26. The van der Waals surface area contributed by atoms with Gasteiger partial charge in [0, 0.05) is 0 Å². The van der Waals surface area contributed by atoms with Crippen LogP contribution < -0.4 is 0 Å². The Balaban J connectivity index is 2.37. The maximum absolute atomic E-state index is 5.52. The predicted octanol–water partition coefficient (Wildman–Crippen LogP) is 2.31. The number of oxime groups is 1. The molecule has 0 saturated carbocycles. The molecular formula is C9H17NO2. The van der Waals surface area contributed by atoms with Crippen LogP contribution >= 0.6 is 0 Å². The second-order valence-corrected chi connectivity index (χ2v) is 3.85. The van der Waals surface area contributed by atoms with Crippen LogP contribution in [-0.4, -0.2) is 17.6 Å². The van der Waals surface area contributed by atoms with Gasteiger partial charge in [-0.2, -0.15) is 0 Å². The Bertz CT molecular complexity index is 187. The molecule has 70 valence electrons. The van der Waals surface area contributed by atoms with Gasteiger partial charge in [0.25, 0.3) is 0 Å². The fourth-order valence-electron chi connectivity index (χ4n) is 0.982. The molecule has 0 N–H and O–H groups in total. The summed E-state index contributed by atoms with van der Waals surface area (Å²) in [4.78, 5) is 5.16. The van der Waals surface area contributed by atoms with Gasteiger partial charge in [0.15, 0.2) is 0 Å². The highest BCUT2D eigenvalue weighted by Crippen LogP contribution is 2.23. The summed E-state index contributed by atoms with van der Waals surface area (Å²) in [6.07, 6.45) is 2.01. The highest BCUT2D eigenvalue weighted by molar-refractivity contribution is 5.77. The first-order valence-electron chi connectivity index (χ1n) is 4.45. The molecule has 0 aromatic rings. The van der Waals surface area contributed by atoms with Crippen molar-refractivity contribution in [3.8, 4) is 0 Å². The standard InChI is InChI=1S/C9H17NO2/c1-5-7(2)11-8-6-9(3,4)12-10-8/h7H,5-6H2,1-4H3. The average molecular weight is 171 g/mol.